The molecule has 1 aliphatic rings. The molecule has 0 radical (unpaired) electrons. The summed E-state index contributed by atoms with van der Waals surface area (Å²) >= 11 is 0. The Labute approximate surface area is 176 Å². The molecule has 0 amide bonds. The Bertz CT molecular complexity index is 1120. The van der Waals surface area contributed by atoms with Gasteiger partial charge >= 0.3 is 0 Å². The van der Waals surface area contributed by atoms with Crippen LogP contribution >= 0.6 is 0 Å². The zero-order valence-corrected chi connectivity index (χ0v) is 18.3. The molecule has 1 N–H and O–H groups in total. The van der Waals surface area contributed by atoms with E-state index in [1.807, 2.05) is 0 Å². The summed E-state index contributed by atoms with van der Waals surface area (Å²) in [5.74, 6) is -0.505. The van der Waals surface area contributed by atoms with E-state index in [-0.39, 0.29) is 28.8 Å². The number of methoxy groups -OCH3 is 2. The number of hydrogen-bond acceptors (Lipinski definition) is 7. The lowest BCUT2D eigenvalue weighted by Gasteiger charge is -2.20. The Morgan fingerprint density at radius 1 is 1.07 bits per heavy atom. The van der Waals surface area contributed by atoms with Gasteiger partial charge in [0.15, 0.2) is 31.2 Å². The number of nitrogens with one attached hydrogen (secondary N) is 1. The third-order valence-electron chi connectivity index (χ3n) is 5.14. The third-order valence-corrected chi connectivity index (χ3v) is 9.29. The van der Waals surface area contributed by atoms with Crippen molar-refractivity contribution in [3.63, 3.8) is 0 Å². The number of rotatable bonds is 8. The number of ether oxygens (including phenoxy) is 2. The van der Waals surface area contributed by atoms with Crippen LogP contribution in [-0.4, -0.2) is 60.4 Å². The molecular formula is C20H24FNO6S2. The Hall–Kier alpha value is -2.17. The number of hydrogen-bond donors (Lipinski definition) is 1. The summed E-state index contributed by atoms with van der Waals surface area (Å²) in [6.07, 6.45) is 0.312. The van der Waals surface area contributed by atoms with Crippen molar-refractivity contribution in [1.29, 1.82) is 0 Å². The molecule has 7 nitrogen and oxygen atoms in total. The Kier molecular flexibility index (Phi) is 6.68. The van der Waals surface area contributed by atoms with Gasteiger partial charge in [0.25, 0.3) is 0 Å². The molecule has 10 heteroatoms. The first-order valence-electron chi connectivity index (χ1n) is 9.31. The standard InChI is InChI=1S/C20H24FNO6S2/c1-27-18-8-7-15(11-19(18)28-2)30(25,26)20-13-29(23,24)12-17(20)22-10-9-14-5-3-4-6-16(14)21/h3-8,11,17,20,22H,9-10,12-13H2,1-2H3/t17-,20-/m0/s1. The van der Waals surface area contributed by atoms with Crippen LogP contribution in [-0.2, 0) is 26.1 Å². The average Bonchev–Trinajstić information content (AvgIpc) is 3.04. The Balaban J connectivity index is 1.82. The molecule has 2 aromatic carbocycles. The molecule has 164 valence electrons. The van der Waals surface area contributed by atoms with E-state index < -0.39 is 36.7 Å². The van der Waals surface area contributed by atoms with Crippen molar-refractivity contribution in [3.05, 3.63) is 53.8 Å². The molecule has 1 aliphatic heterocycles. The van der Waals surface area contributed by atoms with Crippen LogP contribution in [0.1, 0.15) is 5.56 Å². The van der Waals surface area contributed by atoms with Gasteiger partial charge in [-0.1, -0.05) is 18.2 Å². The Morgan fingerprint density at radius 3 is 2.43 bits per heavy atom. The van der Waals surface area contributed by atoms with Crippen molar-refractivity contribution in [2.24, 2.45) is 0 Å². The molecule has 3 rings (SSSR count). The fourth-order valence-corrected chi connectivity index (χ4v) is 8.30. The van der Waals surface area contributed by atoms with Gasteiger partial charge in [-0.15, -0.1) is 0 Å². The van der Waals surface area contributed by atoms with E-state index >= 15 is 0 Å². The van der Waals surface area contributed by atoms with E-state index in [1.54, 1.807) is 18.2 Å². The molecule has 30 heavy (non-hydrogen) atoms. The maximum atomic E-state index is 13.8. The predicted molar refractivity (Wildman–Crippen MR) is 111 cm³/mol. The van der Waals surface area contributed by atoms with Crippen molar-refractivity contribution in [2.45, 2.75) is 22.6 Å². The SMILES string of the molecule is COc1ccc(S(=O)(=O)[C@H]2CS(=O)(=O)C[C@@H]2NCCc2ccccc2F)cc1OC. The van der Waals surface area contributed by atoms with Gasteiger partial charge in [0.05, 0.1) is 35.9 Å². The summed E-state index contributed by atoms with van der Waals surface area (Å²) in [7, 11) is -4.68. The lowest BCUT2D eigenvalue weighted by Crippen LogP contribution is -2.44. The van der Waals surface area contributed by atoms with Gasteiger partial charge in [-0.3, -0.25) is 0 Å². The van der Waals surface area contributed by atoms with Gasteiger partial charge in [-0.05, 0) is 36.7 Å². The smallest absolute Gasteiger partial charge is 0.183 e. The van der Waals surface area contributed by atoms with Gasteiger partial charge < -0.3 is 14.8 Å². The fourth-order valence-electron chi connectivity index (χ4n) is 3.57. The summed E-state index contributed by atoms with van der Waals surface area (Å²) in [6.45, 7) is 0.249. The van der Waals surface area contributed by atoms with Gasteiger partial charge in [0.1, 0.15) is 5.82 Å². The molecule has 1 fully saturated rings. The minimum Gasteiger partial charge on any atom is -0.493 e. The van der Waals surface area contributed by atoms with Crippen LogP contribution in [0.5, 0.6) is 11.5 Å². The largest absolute Gasteiger partial charge is 0.493 e. The van der Waals surface area contributed by atoms with Gasteiger partial charge in [0.2, 0.25) is 0 Å². The van der Waals surface area contributed by atoms with E-state index in [4.69, 9.17) is 9.47 Å². The highest BCUT2D eigenvalue weighted by Crippen LogP contribution is 2.33. The van der Waals surface area contributed by atoms with Gasteiger partial charge in [-0.2, -0.15) is 0 Å². The van der Waals surface area contributed by atoms with Crippen molar-refractivity contribution in [3.8, 4) is 11.5 Å². The highest BCUT2D eigenvalue weighted by Gasteiger charge is 2.45. The zero-order chi connectivity index (χ0) is 21.9. The number of halogens is 1. The van der Waals surface area contributed by atoms with Gasteiger partial charge in [0, 0.05) is 12.1 Å². The van der Waals surface area contributed by atoms with E-state index in [1.165, 1.54) is 38.5 Å². The molecule has 0 bridgehead atoms. The monoisotopic (exact) mass is 457 g/mol. The molecule has 1 saturated heterocycles. The Morgan fingerprint density at radius 2 is 1.77 bits per heavy atom. The highest BCUT2D eigenvalue weighted by molar-refractivity contribution is 7.96. The molecule has 2 aromatic rings. The van der Waals surface area contributed by atoms with E-state index in [9.17, 15) is 21.2 Å². The quantitative estimate of drug-likeness (QED) is 0.643. The van der Waals surface area contributed by atoms with Crippen LogP contribution in [0.2, 0.25) is 0 Å². The van der Waals surface area contributed by atoms with E-state index in [0.29, 0.717) is 17.7 Å². The van der Waals surface area contributed by atoms with E-state index in [0.717, 1.165) is 0 Å². The summed E-state index contributed by atoms with van der Waals surface area (Å²) in [6, 6.07) is 9.66. The molecule has 0 saturated carbocycles. The van der Waals surface area contributed by atoms with Crippen molar-refractivity contribution in [2.75, 3.05) is 32.3 Å². The molecule has 0 aromatic heterocycles. The molecule has 0 spiro atoms. The highest BCUT2D eigenvalue weighted by atomic mass is 32.2. The second kappa shape index (κ2) is 8.91. The lowest BCUT2D eigenvalue weighted by atomic mass is 10.1. The van der Waals surface area contributed by atoms with Crippen LogP contribution in [0.15, 0.2) is 47.4 Å². The maximum absolute atomic E-state index is 13.8. The minimum absolute atomic E-state index is 0.0387. The first-order valence-corrected chi connectivity index (χ1v) is 12.7. The molecule has 0 unspecified atom stereocenters. The zero-order valence-electron chi connectivity index (χ0n) is 16.7. The second-order valence-corrected chi connectivity index (χ2v) is 11.4. The number of sulfone groups is 2. The van der Waals surface area contributed by atoms with Crippen molar-refractivity contribution in [1.82, 2.24) is 5.32 Å². The average molecular weight is 458 g/mol. The first-order chi connectivity index (χ1) is 14.2. The van der Waals surface area contributed by atoms with Crippen LogP contribution in [0, 0.1) is 5.82 Å². The third kappa shape index (κ3) is 4.76. The van der Waals surface area contributed by atoms with Crippen LogP contribution in [0.4, 0.5) is 4.39 Å². The first kappa shape index (κ1) is 22.5. The molecular weight excluding hydrogens is 433 g/mol. The van der Waals surface area contributed by atoms with Crippen molar-refractivity contribution >= 4 is 19.7 Å². The number of benzene rings is 2. The predicted octanol–water partition coefficient (Wildman–Crippen LogP) is 1.61. The summed E-state index contributed by atoms with van der Waals surface area (Å²) in [5.41, 5.74) is 0.477. The lowest BCUT2D eigenvalue weighted by molar-refractivity contribution is 0.354. The van der Waals surface area contributed by atoms with E-state index in [2.05, 4.69) is 5.32 Å². The van der Waals surface area contributed by atoms with Crippen LogP contribution in [0.25, 0.3) is 0 Å². The van der Waals surface area contributed by atoms with Crippen LogP contribution < -0.4 is 14.8 Å². The summed E-state index contributed by atoms with van der Waals surface area (Å²) in [5, 5.41) is 1.86. The second-order valence-electron chi connectivity index (χ2n) is 7.08. The summed E-state index contributed by atoms with van der Waals surface area (Å²) in [4.78, 5) is -0.0387. The minimum atomic E-state index is -3.97. The molecule has 1 heterocycles. The van der Waals surface area contributed by atoms with Crippen molar-refractivity contribution < 1.29 is 30.7 Å². The summed E-state index contributed by atoms with van der Waals surface area (Å²) < 4.78 is 75.0. The normalized spacial score (nSPS) is 20.8. The fraction of sp³-hybridized carbons (Fsp3) is 0.400. The van der Waals surface area contributed by atoms with Crippen LogP contribution in [0.3, 0.4) is 0 Å². The molecule has 2 atom stereocenters. The van der Waals surface area contributed by atoms with Gasteiger partial charge in [-0.25, -0.2) is 21.2 Å². The molecule has 0 aliphatic carbocycles. The topological polar surface area (TPSA) is 98.8 Å². The maximum Gasteiger partial charge on any atom is 0.183 e.